The molecular weight excluding hydrogens is 282 g/mol. The van der Waals surface area contributed by atoms with E-state index in [2.05, 4.69) is 5.32 Å². The largest absolute Gasteiger partial charge is 0.389 e. The fraction of sp³-hybridized carbons (Fsp3) is 0.500. The quantitative estimate of drug-likeness (QED) is 0.787. The van der Waals surface area contributed by atoms with E-state index in [-0.39, 0.29) is 5.91 Å². The molecule has 114 valence electrons. The van der Waals surface area contributed by atoms with Gasteiger partial charge in [0.1, 0.15) is 4.99 Å². The number of hydrogen-bond donors (Lipinski definition) is 2. The Balaban J connectivity index is 1.83. The van der Waals surface area contributed by atoms with Gasteiger partial charge in [-0.05, 0) is 31.5 Å². The van der Waals surface area contributed by atoms with Gasteiger partial charge in [0.05, 0.1) is 6.54 Å². The minimum atomic E-state index is 0.106. The molecule has 1 aliphatic rings. The van der Waals surface area contributed by atoms with Crippen LogP contribution in [-0.2, 0) is 11.3 Å². The maximum absolute atomic E-state index is 12.0. The van der Waals surface area contributed by atoms with E-state index in [9.17, 15) is 4.79 Å². The average molecular weight is 305 g/mol. The number of hydrogen-bond acceptors (Lipinski definition) is 3. The summed E-state index contributed by atoms with van der Waals surface area (Å²) in [4.78, 5) is 14.4. The van der Waals surface area contributed by atoms with Crippen LogP contribution in [0.5, 0.6) is 0 Å². The summed E-state index contributed by atoms with van der Waals surface area (Å²) in [7, 11) is 1.95. The number of carbonyl (C=O) groups is 1. The van der Waals surface area contributed by atoms with Crippen LogP contribution in [0.25, 0.3) is 0 Å². The molecule has 3 N–H and O–H groups in total. The number of amides is 1. The second-order valence-corrected chi connectivity index (χ2v) is 6.23. The monoisotopic (exact) mass is 305 g/mol. The highest BCUT2D eigenvalue weighted by molar-refractivity contribution is 7.80. The molecule has 0 aliphatic heterocycles. The lowest BCUT2D eigenvalue weighted by Gasteiger charge is -2.19. The summed E-state index contributed by atoms with van der Waals surface area (Å²) in [5.41, 5.74) is 7.61. The van der Waals surface area contributed by atoms with Crippen molar-refractivity contribution < 1.29 is 4.79 Å². The summed E-state index contributed by atoms with van der Waals surface area (Å²) in [5, 5.41) is 3.10. The number of nitrogens with one attached hydrogen (secondary N) is 1. The van der Waals surface area contributed by atoms with Crippen molar-refractivity contribution in [3.8, 4) is 0 Å². The highest BCUT2D eigenvalue weighted by Crippen LogP contribution is 2.17. The number of likely N-dealkylation sites (N-methyl/N-ethyl adjacent to an activating group) is 1. The van der Waals surface area contributed by atoms with Crippen molar-refractivity contribution in [1.82, 2.24) is 10.2 Å². The average Bonchev–Trinajstić information content (AvgIpc) is 2.91. The second kappa shape index (κ2) is 7.52. The van der Waals surface area contributed by atoms with Gasteiger partial charge in [0.15, 0.2) is 0 Å². The molecule has 1 amide bonds. The topological polar surface area (TPSA) is 58.4 Å². The molecule has 2 rings (SSSR count). The summed E-state index contributed by atoms with van der Waals surface area (Å²) in [6.45, 7) is 1.11. The molecule has 0 aromatic heterocycles. The second-order valence-electron chi connectivity index (χ2n) is 5.79. The molecule has 1 fully saturated rings. The van der Waals surface area contributed by atoms with Crippen LogP contribution in [0.4, 0.5) is 0 Å². The van der Waals surface area contributed by atoms with Gasteiger partial charge in [0.2, 0.25) is 5.91 Å². The Labute approximate surface area is 131 Å². The van der Waals surface area contributed by atoms with Gasteiger partial charge in [-0.1, -0.05) is 43.3 Å². The number of thiocarbonyl (C=S) groups is 1. The van der Waals surface area contributed by atoms with Gasteiger partial charge in [0.25, 0.3) is 0 Å². The van der Waals surface area contributed by atoms with Gasteiger partial charge in [-0.15, -0.1) is 0 Å². The fourth-order valence-electron chi connectivity index (χ4n) is 2.78. The Kier molecular flexibility index (Phi) is 5.70. The third kappa shape index (κ3) is 5.10. The smallest absolute Gasteiger partial charge is 0.234 e. The van der Waals surface area contributed by atoms with Crippen molar-refractivity contribution in [2.75, 3.05) is 13.6 Å². The maximum atomic E-state index is 12.0. The Bertz CT molecular complexity index is 512. The molecule has 0 unspecified atom stereocenters. The molecule has 1 aromatic rings. The van der Waals surface area contributed by atoms with Crippen molar-refractivity contribution in [3.05, 3.63) is 35.4 Å². The molecule has 5 heteroatoms. The first-order valence-corrected chi connectivity index (χ1v) is 7.82. The molecule has 1 aliphatic carbocycles. The molecule has 1 aromatic carbocycles. The van der Waals surface area contributed by atoms with E-state index in [1.54, 1.807) is 0 Å². The van der Waals surface area contributed by atoms with E-state index in [1.807, 2.05) is 36.2 Å². The van der Waals surface area contributed by atoms with E-state index in [4.69, 9.17) is 18.0 Å². The van der Waals surface area contributed by atoms with Crippen LogP contribution in [0.3, 0.4) is 0 Å². The van der Waals surface area contributed by atoms with E-state index >= 15 is 0 Å². The van der Waals surface area contributed by atoms with Gasteiger partial charge >= 0.3 is 0 Å². The molecule has 0 bridgehead atoms. The normalized spacial score (nSPS) is 15.3. The minimum absolute atomic E-state index is 0.106. The molecular formula is C16H23N3OS. The summed E-state index contributed by atoms with van der Waals surface area (Å²) in [6.07, 6.45) is 4.69. The zero-order valence-electron chi connectivity index (χ0n) is 12.5. The van der Waals surface area contributed by atoms with Crippen LogP contribution in [0.15, 0.2) is 24.3 Å². The van der Waals surface area contributed by atoms with E-state index in [0.717, 1.165) is 24.0 Å². The van der Waals surface area contributed by atoms with Gasteiger partial charge in [-0.3, -0.25) is 9.69 Å². The van der Waals surface area contributed by atoms with Crippen molar-refractivity contribution in [2.45, 2.75) is 38.3 Å². The molecule has 0 atom stereocenters. The summed E-state index contributed by atoms with van der Waals surface area (Å²) < 4.78 is 0. The molecule has 0 saturated heterocycles. The van der Waals surface area contributed by atoms with E-state index in [0.29, 0.717) is 24.1 Å². The molecule has 0 radical (unpaired) electrons. The Morgan fingerprint density at radius 3 is 2.81 bits per heavy atom. The number of carbonyl (C=O) groups excluding carboxylic acids is 1. The van der Waals surface area contributed by atoms with Gasteiger partial charge < -0.3 is 11.1 Å². The molecule has 1 saturated carbocycles. The first-order valence-electron chi connectivity index (χ1n) is 7.41. The first-order chi connectivity index (χ1) is 10.0. The highest BCUT2D eigenvalue weighted by Gasteiger charge is 2.17. The van der Waals surface area contributed by atoms with Gasteiger partial charge in [-0.25, -0.2) is 0 Å². The van der Waals surface area contributed by atoms with Crippen LogP contribution in [0, 0.1) is 0 Å². The SMILES string of the molecule is CN(CC(=O)NC1CCCC1)Cc1cccc(C(N)=S)c1. The van der Waals surface area contributed by atoms with E-state index in [1.165, 1.54) is 12.8 Å². The Morgan fingerprint density at radius 1 is 1.43 bits per heavy atom. The molecule has 21 heavy (non-hydrogen) atoms. The third-order valence-electron chi connectivity index (χ3n) is 3.80. The van der Waals surface area contributed by atoms with Gasteiger partial charge in [-0.2, -0.15) is 0 Å². The standard InChI is InChI=1S/C16H23N3OS/c1-19(11-15(20)18-14-7-2-3-8-14)10-12-5-4-6-13(9-12)16(17)21/h4-6,9,14H,2-3,7-8,10-11H2,1H3,(H2,17,21)(H,18,20). The zero-order valence-corrected chi connectivity index (χ0v) is 13.3. The molecule has 0 spiro atoms. The lowest BCUT2D eigenvalue weighted by molar-refractivity contribution is -0.122. The Morgan fingerprint density at radius 2 is 2.14 bits per heavy atom. The summed E-state index contributed by atoms with van der Waals surface area (Å²) >= 11 is 4.99. The Hall–Kier alpha value is -1.46. The minimum Gasteiger partial charge on any atom is -0.389 e. The van der Waals surface area contributed by atoms with Crippen molar-refractivity contribution in [3.63, 3.8) is 0 Å². The number of benzene rings is 1. The zero-order chi connectivity index (χ0) is 15.2. The van der Waals surface area contributed by atoms with E-state index < -0.39 is 0 Å². The van der Waals surface area contributed by atoms with Crippen LogP contribution < -0.4 is 11.1 Å². The summed E-state index contributed by atoms with van der Waals surface area (Å²) in [5.74, 6) is 0.106. The third-order valence-corrected chi connectivity index (χ3v) is 4.03. The number of rotatable bonds is 6. The van der Waals surface area contributed by atoms with Crippen LogP contribution >= 0.6 is 12.2 Å². The van der Waals surface area contributed by atoms with Crippen molar-refractivity contribution in [2.24, 2.45) is 5.73 Å². The van der Waals surface area contributed by atoms with Crippen LogP contribution in [0.2, 0.25) is 0 Å². The highest BCUT2D eigenvalue weighted by atomic mass is 32.1. The summed E-state index contributed by atoms with van der Waals surface area (Å²) in [6, 6.07) is 8.22. The van der Waals surface area contributed by atoms with Crippen LogP contribution in [0.1, 0.15) is 36.8 Å². The maximum Gasteiger partial charge on any atom is 0.234 e. The first kappa shape index (κ1) is 15.9. The van der Waals surface area contributed by atoms with Crippen LogP contribution in [-0.4, -0.2) is 35.4 Å². The predicted octanol–water partition coefficient (Wildman–Crippen LogP) is 1.81. The molecule has 4 nitrogen and oxygen atoms in total. The number of nitrogens with zero attached hydrogens (tertiary/aromatic N) is 1. The molecule has 0 heterocycles. The number of nitrogens with two attached hydrogens (primary N) is 1. The lowest BCUT2D eigenvalue weighted by Crippen LogP contribution is -2.39. The lowest BCUT2D eigenvalue weighted by atomic mass is 10.1. The van der Waals surface area contributed by atoms with Crippen molar-refractivity contribution >= 4 is 23.1 Å². The fourth-order valence-corrected chi connectivity index (χ4v) is 2.91. The van der Waals surface area contributed by atoms with Crippen molar-refractivity contribution in [1.29, 1.82) is 0 Å². The predicted molar refractivity (Wildman–Crippen MR) is 89.1 cm³/mol. The van der Waals surface area contributed by atoms with Gasteiger partial charge in [0, 0.05) is 18.2 Å².